The van der Waals surface area contributed by atoms with Crippen LogP contribution in [0.4, 0.5) is 0 Å². The summed E-state index contributed by atoms with van der Waals surface area (Å²) in [6.07, 6.45) is 9.43. The van der Waals surface area contributed by atoms with Gasteiger partial charge in [0.25, 0.3) is 0 Å². The number of ether oxygens (including phenoxy) is 2. The van der Waals surface area contributed by atoms with E-state index in [2.05, 4.69) is 41.5 Å². The van der Waals surface area contributed by atoms with Crippen LogP contribution in [0.3, 0.4) is 0 Å². The van der Waals surface area contributed by atoms with Crippen LogP contribution in [0.1, 0.15) is 50.3 Å². The standard InChI is InChI=1S/C15H13ClN4O2.C10H7ClN4.C5H6O2.2CH4/c1-2-22-15(21)14-9-20(19-18-14)8-10-3-4-13-11(5-10)6-12(16)7-17-13;11-9-4-8-3-7(5-14-15-12)1-2-10(8)13-6-9;1-3-5(6)7-4-2;;/h3-7,9H,2,8H2,1H3;1-4,6H,5H2;1H,4H2,2H3;2*1H4. The molecule has 240 valence electrons. The van der Waals surface area contributed by atoms with Crippen LogP contribution < -0.4 is 0 Å². The number of halogens is 2. The van der Waals surface area contributed by atoms with Gasteiger partial charge in [-0.25, -0.2) is 14.3 Å². The molecule has 0 radical (unpaired) electrons. The molecule has 0 N–H and O–H groups in total. The highest BCUT2D eigenvalue weighted by atomic mass is 35.5. The van der Waals surface area contributed by atoms with Gasteiger partial charge in [-0.15, -0.1) is 11.5 Å². The maximum absolute atomic E-state index is 11.6. The van der Waals surface area contributed by atoms with Gasteiger partial charge in [-0.1, -0.05) is 60.5 Å². The zero-order chi connectivity index (χ0) is 31.9. The fourth-order valence-corrected chi connectivity index (χ4v) is 3.99. The molecule has 0 unspecified atom stereocenters. The van der Waals surface area contributed by atoms with E-state index in [9.17, 15) is 9.59 Å². The van der Waals surface area contributed by atoms with Crippen molar-refractivity contribution in [3.8, 4) is 12.3 Å². The molecule has 0 amide bonds. The van der Waals surface area contributed by atoms with Crippen molar-refractivity contribution < 1.29 is 19.1 Å². The maximum Gasteiger partial charge on any atom is 0.384 e. The van der Waals surface area contributed by atoms with E-state index in [1.165, 1.54) is 0 Å². The lowest BCUT2D eigenvalue weighted by atomic mass is 10.1. The Balaban J connectivity index is 0.000000384. The van der Waals surface area contributed by atoms with Gasteiger partial charge < -0.3 is 9.47 Å². The second kappa shape index (κ2) is 19.9. The lowest BCUT2D eigenvalue weighted by molar-refractivity contribution is -0.136. The molecule has 0 bridgehead atoms. The maximum atomic E-state index is 11.6. The molecule has 0 saturated heterocycles. The summed E-state index contributed by atoms with van der Waals surface area (Å²) in [6.45, 7) is 4.95. The van der Waals surface area contributed by atoms with Crippen LogP contribution in [-0.4, -0.2) is 50.1 Å². The molecule has 0 aliphatic carbocycles. The Bertz CT molecular complexity index is 1850. The van der Waals surface area contributed by atoms with Crippen LogP contribution in [0, 0.1) is 12.3 Å². The summed E-state index contributed by atoms with van der Waals surface area (Å²) >= 11 is 11.8. The summed E-state index contributed by atoms with van der Waals surface area (Å²) in [4.78, 5) is 32.6. The van der Waals surface area contributed by atoms with Gasteiger partial charge in [-0.3, -0.25) is 9.97 Å². The van der Waals surface area contributed by atoms with E-state index in [1.807, 2.05) is 48.5 Å². The number of pyridine rings is 2. The number of hydrogen-bond acceptors (Lipinski definition) is 9. The third-order valence-corrected chi connectivity index (χ3v) is 5.92. The first-order valence-corrected chi connectivity index (χ1v) is 13.8. The molecule has 0 fully saturated rings. The molecule has 5 rings (SSSR count). The SMILES string of the molecule is C.C.C#CC(=O)OCC.CCOC(=O)c1cn(Cc2ccc3ncc(Cl)cc3c2)nn1.[N-]=[N+]=NCc1ccc2ncc(Cl)cc2c1. The first-order chi connectivity index (χ1) is 21.3. The topological polar surface area (TPSA) is 158 Å². The highest BCUT2D eigenvalue weighted by Gasteiger charge is 2.11. The van der Waals surface area contributed by atoms with Crippen molar-refractivity contribution in [1.29, 1.82) is 0 Å². The summed E-state index contributed by atoms with van der Waals surface area (Å²) in [5.74, 6) is 0.741. The molecule has 2 aromatic carbocycles. The van der Waals surface area contributed by atoms with Gasteiger partial charge >= 0.3 is 11.9 Å². The lowest BCUT2D eigenvalue weighted by Gasteiger charge is -2.03. The number of hydrogen-bond donors (Lipinski definition) is 0. The number of nitrogens with zero attached hydrogens (tertiary/aromatic N) is 8. The number of azide groups is 1. The summed E-state index contributed by atoms with van der Waals surface area (Å²) in [5, 5.41) is 14.3. The number of esters is 2. The first kappa shape index (κ1) is 38.8. The average molecular weight is 666 g/mol. The molecule has 46 heavy (non-hydrogen) atoms. The summed E-state index contributed by atoms with van der Waals surface area (Å²) in [5.41, 5.74) is 12.1. The van der Waals surface area contributed by atoms with Gasteiger partial charge in [0.1, 0.15) is 0 Å². The molecule has 0 spiro atoms. The fourth-order valence-electron chi connectivity index (χ4n) is 3.65. The average Bonchev–Trinajstić information content (AvgIpc) is 3.49. The molecule has 5 aromatic rings. The molecular formula is C32H34Cl2N8O4. The summed E-state index contributed by atoms with van der Waals surface area (Å²) in [6, 6.07) is 15.2. The summed E-state index contributed by atoms with van der Waals surface area (Å²) < 4.78 is 10.8. The Morgan fingerprint density at radius 2 is 1.50 bits per heavy atom. The van der Waals surface area contributed by atoms with E-state index in [1.54, 1.807) is 43.0 Å². The van der Waals surface area contributed by atoms with Crippen LogP contribution in [0.15, 0.2) is 72.2 Å². The predicted octanol–water partition coefficient (Wildman–Crippen LogP) is 7.86. The first-order valence-electron chi connectivity index (χ1n) is 13.1. The Morgan fingerprint density at radius 1 is 0.935 bits per heavy atom. The molecule has 0 saturated carbocycles. The van der Waals surface area contributed by atoms with Crippen molar-refractivity contribution >= 4 is 56.9 Å². The third-order valence-electron chi connectivity index (χ3n) is 5.50. The molecule has 0 atom stereocenters. The van der Waals surface area contributed by atoms with E-state index in [0.29, 0.717) is 36.3 Å². The minimum atomic E-state index is -0.595. The monoisotopic (exact) mass is 664 g/mol. The minimum Gasteiger partial charge on any atom is -0.461 e. The second-order valence-corrected chi connectivity index (χ2v) is 9.51. The molecule has 0 aliphatic rings. The van der Waals surface area contributed by atoms with E-state index in [-0.39, 0.29) is 20.5 Å². The van der Waals surface area contributed by atoms with Gasteiger partial charge in [0, 0.05) is 34.0 Å². The normalized spacial score (nSPS) is 9.46. The smallest absolute Gasteiger partial charge is 0.384 e. The zero-order valence-corrected chi connectivity index (χ0v) is 25.2. The van der Waals surface area contributed by atoms with E-state index in [0.717, 1.165) is 32.9 Å². The van der Waals surface area contributed by atoms with Crippen molar-refractivity contribution in [2.45, 2.75) is 41.8 Å². The highest BCUT2D eigenvalue weighted by Crippen LogP contribution is 2.20. The van der Waals surface area contributed by atoms with Crippen LogP contribution in [0.5, 0.6) is 0 Å². The zero-order valence-electron chi connectivity index (χ0n) is 23.7. The number of carbonyl (C=O) groups excluding carboxylic acids is 2. The number of aromatic nitrogens is 5. The highest BCUT2D eigenvalue weighted by molar-refractivity contribution is 6.31. The van der Waals surface area contributed by atoms with Gasteiger partial charge in [0.05, 0.1) is 53.6 Å². The molecule has 3 heterocycles. The van der Waals surface area contributed by atoms with Gasteiger partial charge in [0.15, 0.2) is 5.69 Å². The van der Waals surface area contributed by atoms with Crippen molar-refractivity contribution in [3.63, 3.8) is 0 Å². The third kappa shape index (κ3) is 12.1. The quantitative estimate of drug-likeness (QED) is 0.0424. The van der Waals surface area contributed by atoms with Gasteiger partial charge in [0.2, 0.25) is 0 Å². The fraction of sp³-hybridized carbons (Fsp3) is 0.250. The van der Waals surface area contributed by atoms with Crippen molar-refractivity contribution in [1.82, 2.24) is 25.0 Å². The minimum absolute atomic E-state index is 0. The van der Waals surface area contributed by atoms with Crippen LogP contribution >= 0.6 is 23.2 Å². The van der Waals surface area contributed by atoms with E-state index < -0.39 is 11.9 Å². The Kier molecular flexibility index (Phi) is 16.8. The number of fused-ring (bicyclic) bond motifs is 2. The van der Waals surface area contributed by atoms with Gasteiger partial charge in [-0.05, 0) is 66.9 Å². The Morgan fingerprint density at radius 3 is 2.02 bits per heavy atom. The van der Waals surface area contributed by atoms with Crippen molar-refractivity contribution in [2.24, 2.45) is 5.11 Å². The molecule has 3 aromatic heterocycles. The largest absolute Gasteiger partial charge is 0.461 e. The lowest BCUT2D eigenvalue weighted by Crippen LogP contribution is -2.05. The van der Waals surface area contributed by atoms with Crippen LogP contribution in [0.2, 0.25) is 10.0 Å². The Hall–Kier alpha value is -5.21. The molecule has 14 heteroatoms. The van der Waals surface area contributed by atoms with Crippen molar-refractivity contribution in [2.75, 3.05) is 13.2 Å². The number of terminal acetylenes is 1. The van der Waals surface area contributed by atoms with Crippen LogP contribution in [0.25, 0.3) is 32.2 Å². The van der Waals surface area contributed by atoms with Gasteiger partial charge in [-0.2, -0.15) is 0 Å². The molecular weight excluding hydrogens is 631 g/mol. The van der Waals surface area contributed by atoms with E-state index in [4.69, 9.17) is 33.5 Å². The number of rotatable bonds is 7. The number of carbonyl (C=O) groups is 2. The van der Waals surface area contributed by atoms with Crippen molar-refractivity contribution in [3.05, 3.63) is 104 Å². The molecule has 0 aliphatic heterocycles. The Labute approximate surface area is 277 Å². The predicted molar refractivity (Wildman–Crippen MR) is 180 cm³/mol. The van der Waals surface area contributed by atoms with E-state index >= 15 is 0 Å². The summed E-state index contributed by atoms with van der Waals surface area (Å²) in [7, 11) is 0. The second-order valence-electron chi connectivity index (χ2n) is 8.64. The molecule has 12 nitrogen and oxygen atoms in total. The van der Waals surface area contributed by atoms with Crippen LogP contribution in [-0.2, 0) is 27.4 Å². The number of benzene rings is 2.